The van der Waals surface area contributed by atoms with Crippen LogP contribution in [0.5, 0.6) is 11.6 Å². The van der Waals surface area contributed by atoms with Crippen LogP contribution in [-0.2, 0) is 6.42 Å². The second-order valence-electron chi connectivity index (χ2n) is 6.15. The van der Waals surface area contributed by atoms with Gasteiger partial charge in [-0.15, -0.1) is 5.10 Å². The summed E-state index contributed by atoms with van der Waals surface area (Å²) in [6.07, 6.45) is 5.75. The summed E-state index contributed by atoms with van der Waals surface area (Å²) in [5.41, 5.74) is 5.06. The number of aromatic nitrogens is 7. The van der Waals surface area contributed by atoms with Crippen molar-refractivity contribution in [2.24, 2.45) is 0 Å². The lowest BCUT2D eigenvalue weighted by molar-refractivity contribution is 0.396. The fourth-order valence-corrected chi connectivity index (χ4v) is 3.25. The van der Waals surface area contributed by atoms with Crippen LogP contribution in [0.3, 0.4) is 0 Å². The average Bonchev–Trinajstić information content (AvgIpc) is 3.45. The molecule has 0 bridgehead atoms. The molecule has 9 heteroatoms. The Morgan fingerprint density at radius 2 is 2.04 bits per heavy atom. The maximum atomic E-state index is 5.38. The van der Waals surface area contributed by atoms with E-state index in [2.05, 4.69) is 37.3 Å². The van der Waals surface area contributed by atoms with Crippen LogP contribution in [0, 0.1) is 11.8 Å². The Balaban J connectivity index is 1.67. The van der Waals surface area contributed by atoms with Crippen LogP contribution in [0.4, 0.5) is 0 Å². The van der Waals surface area contributed by atoms with E-state index in [0.29, 0.717) is 23.6 Å². The molecule has 9 nitrogen and oxygen atoms in total. The predicted molar refractivity (Wildman–Crippen MR) is 99.0 cm³/mol. The van der Waals surface area contributed by atoms with E-state index in [1.165, 1.54) is 0 Å². The zero-order chi connectivity index (χ0) is 19.1. The molecule has 1 aliphatic heterocycles. The van der Waals surface area contributed by atoms with Gasteiger partial charge in [-0.25, -0.2) is 14.8 Å². The third kappa shape index (κ3) is 2.43. The van der Waals surface area contributed by atoms with Crippen LogP contribution in [0.15, 0.2) is 36.9 Å². The largest absolute Gasteiger partial charge is 0.497 e. The molecule has 0 radical (unpaired) electrons. The molecule has 4 aromatic rings. The Morgan fingerprint density at radius 3 is 2.89 bits per heavy atom. The molecule has 1 aliphatic rings. The van der Waals surface area contributed by atoms with E-state index in [4.69, 9.17) is 9.47 Å². The fourth-order valence-electron chi connectivity index (χ4n) is 3.25. The number of imidazole rings is 1. The monoisotopic (exact) mass is 373 g/mol. The second kappa shape index (κ2) is 6.28. The van der Waals surface area contributed by atoms with Crippen molar-refractivity contribution in [3.05, 3.63) is 59.6 Å². The molecule has 0 unspecified atom stereocenters. The quantitative estimate of drug-likeness (QED) is 0.471. The van der Waals surface area contributed by atoms with Crippen molar-refractivity contribution >= 4 is 0 Å². The van der Waals surface area contributed by atoms with E-state index in [1.807, 2.05) is 27.4 Å². The highest BCUT2D eigenvalue weighted by Crippen LogP contribution is 2.31. The Kier molecular flexibility index (Phi) is 3.62. The van der Waals surface area contributed by atoms with Crippen LogP contribution in [0.25, 0.3) is 11.4 Å². The first-order valence-corrected chi connectivity index (χ1v) is 8.52. The van der Waals surface area contributed by atoms with Crippen molar-refractivity contribution in [1.82, 2.24) is 34.7 Å². The summed E-state index contributed by atoms with van der Waals surface area (Å²) in [7, 11) is 3.21. The van der Waals surface area contributed by atoms with Crippen molar-refractivity contribution in [1.29, 1.82) is 0 Å². The SMILES string of the molecule is COc1ccc2c(c1)-n1nncc1Cc1c(C#Cc3cn[nH]c3OC)ncn1-2. The first-order chi connectivity index (χ1) is 13.8. The van der Waals surface area contributed by atoms with Crippen LogP contribution < -0.4 is 9.47 Å². The molecule has 0 spiro atoms. The number of benzene rings is 1. The summed E-state index contributed by atoms with van der Waals surface area (Å²) in [4.78, 5) is 4.53. The minimum Gasteiger partial charge on any atom is -0.497 e. The summed E-state index contributed by atoms with van der Waals surface area (Å²) in [6, 6.07) is 5.82. The van der Waals surface area contributed by atoms with Gasteiger partial charge in [-0.3, -0.25) is 4.57 Å². The minimum atomic E-state index is 0.525. The van der Waals surface area contributed by atoms with Gasteiger partial charge in [-0.2, -0.15) is 5.10 Å². The first-order valence-electron chi connectivity index (χ1n) is 8.52. The van der Waals surface area contributed by atoms with E-state index in [-0.39, 0.29) is 0 Å². The lowest BCUT2D eigenvalue weighted by atomic mass is 10.2. The maximum Gasteiger partial charge on any atom is 0.225 e. The summed E-state index contributed by atoms with van der Waals surface area (Å²) >= 11 is 0. The third-order valence-corrected chi connectivity index (χ3v) is 4.63. The Labute approximate surface area is 159 Å². The molecule has 138 valence electrons. The van der Waals surface area contributed by atoms with E-state index >= 15 is 0 Å². The Bertz CT molecular complexity index is 1240. The van der Waals surface area contributed by atoms with Crippen molar-refractivity contribution in [3.63, 3.8) is 0 Å². The minimum absolute atomic E-state index is 0.525. The molecule has 0 aliphatic carbocycles. The van der Waals surface area contributed by atoms with Gasteiger partial charge in [-0.1, -0.05) is 11.1 Å². The number of rotatable bonds is 2. The van der Waals surface area contributed by atoms with Crippen molar-refractivity contribution in [2.45, 2.75) is 6.42 Å². The first kappa shape index (κ1) is 16.1. The van der Waals surface area contributed by atoms with Gasteiger partial charge < -0.3 is 9.47 Å². The van der Waals surface area contributed by atoms with Gasteiger partial charge in [0.25, 0.3) is 0 Å². The molecule has 4 heterocycles. The standard InChI is InChI=1S/C19H15N7O2/c1-27-14-4-6-16-18(8-14)26-13(10-22-24-26)7-17-15(20-11-25(16)17)5-3-12-9-21-23-19(12)28-2/h4,6,8-11H,7H2,1-2H3,(H,21,23). The topological polar surface area (TPSA) is 95.7 Å². The molecule has 28 heavy (non-hydrogen) atoms. The van der Waals surface area contributed by atoms with Gasteiger partial charge in [0.2, 0.25) is 5.88 Å². The van der Waals surface area contributed by atoms with Crippen LogP contribution in [0.1, 0.15) is 22.6 Å². The zero-order valence-corrected chi connectivity index (χ0v) is 15.2. The predicted octanol–water partition coefficient (Wildman–Crippen LogP) is 1.50. The van der Waals surface area contributed by atoms with Gasteiger partial charge >= 0.3 is 0 Å². The van der Waals surface area contributed by atoms with Gasteiger partial charge in [0, 0.05) is 12.5 Å². The molecule has 0 amide bonds. The number of fused-ring (bicyclic) bond motifs is 5. The Morgan fingerprint density at radius 1 is 1.11 bits per heavy atom. The molecule has 3 aromatic heterocycles. The second-order valence-corrected chi connectivity index (χ2v) is 6.15. The number of nitrogens with zero attached hydrogens (tertiary/aromatic N) is 6. The highest BCUT2D eigenvalue weighted by Gasteiger charge is 2.23. The lowest BCUT2D eigenvalue weighted by Gasteiger charge is -2.11. The van der Waals surface area contributed by atoms with Crippen molar-refractivity contribution in [2.75, 3.05) is 14.2 Å². The van der Waals surface area contributed by atoms with Gasteiger partial charge in [-0.05, 0) is 18.1 Å². The molecule has 0 fully saturated rings. The third-order valence-electron chi connectivity index (χ3n) is 4.63. The normalized spacial score (nSPS) is 11.5. The number of aromatic amines is 1. The maximum absolute atomic E-state index is 5.38. The van der Waals surface area contributed by atoms with E-state index < -0.39 is 0 Å². The highest BCUT2D eigenvalue weighted by molar-refractivity contribution is 5.59. The molecule has 1 aromatic carbocycles. The summed E-state index contributed by atoms with van der Waals surface area (Å²) in [5, 5.41) is 15.0. The van der Waals surface area contributed by atoms with E-state index in [0.717, 1.165) is 28.5 Å². The van der Waals surface area contributed by atoms with Crippen molar-refractivity contribution < 1.29 is 9.47 Å². The number of H-pyrrole nitrogens is 1. The molecule has 0 saturated heterocycles. The van der Waals surface area contributed by atoms with Gasteiger partial charge in [0.15, 0.2) is 0 Å². The summed E-state index contributed by atoms with van der Waals surface area (Å²) in [5.74, 6) is 7.48. The number of methoxy groups -OCH3 is 2. The molecule has 0 atom stereocenters. The zero-order valence-electron chi connectivity index (χ0n) is 15.2. The number of ether oxygens (including phenoxy) is 2. The van der Waals surface area contributed by atoms with Crippen molar-refractivity contribution in [3.8, 4) is 34.8 Å². The van der Waals surface area contributed by atoms with Gasteiger partial charge in [0.05, 0.1) is 49.4 Å². The highest BCUT2D eigenvalue weighted by atomic mass is 16.5. The number of hydrogen-bond donors (Lipinski definition) is 1. The molecular formula is C19H15N7O2. The molecular weight excluding hydrogens is 358 g/mol. The molecule has 5 rings (SSSR count). The average molecular weight is 373 g/mol. The van der Waals surface area contributed by atoms with E-state index in [9.17, 15) is 0 Å². The van der Waals surface area contributed by atoms with Gasteiger partial charge in [0.1, 0.15) is 23.3 Å². The summed E-state index contributed by atoms with van der Waals surface area (Å²) < 4.78 is 14.4. The van der Waals surface area contributed by atoms with Crippen LogP contribution >= 0.6 is 0 Å². The smallest absolute Gasteiger partial charge is 0.225 e. The summed E-state index contributed by atoms with van der Waals surface area (Å²) in [6.45, 7) is 0. The van der Waals surface area contributed by atoms with Crippen LogP contribution in [0.2, 0.25) is 0 Å². The molecule has 1 N–H and O–H groups in total. The number of hydrogen-bond acceptors (Lipinski definition) is 6. The lowest BCUT2D eigenvalue weighted by Crippen LogP contribution is -2.03. The molecule has 0 saturated carbocycles. The van der Waals surface area contributed by atoms with E-state index in [1.54, 1.807) is 32.9 Å². The fraction of sp³-hybridized carbons (Fsp3) is 0.158. The number of nitrogens with one attached hydrogen (secondary N) is 1. The van der Waals surface area contributed by atoms with Crippen LogP contribution in [-0.4, -0.2) is 49.0 Å². The Hall–Kier alpha value is -4.06.